The maximum atomic E-state index is 10.7. The molecule has 110 valence electrons. The fourth-order valence-electron chi connectivity index (χ4n) is 2.45. The highest BCUT2D eigenvalue weighted by Gasteiger charge is 2.43. The van der Waals surface area contributed by atoms with Gasteiger partial charge in [0.25, 0.3) is 0 Å². The van der Waals surface area contributed by atoms with E-state index in [-0.39, 0.29) is 12.3 Å². The molecular formula is C15H21NO4. The van der Waals surface area contributed by atoms with Crippen LogP contribution in [-0.2, 0) is 14.3 Å². The molecule has 0 aromatic heterocycles. The van der Waals surface area contributed by atoms with Crippen molar-refractivity contribution in [1.82, 2.24) is 0 Å². The third-order valence-corrected chi connectivity index (χ3v) is 3.92. The van der Waals surface area contributed by atoms with Gasteiger partial charge in [0.1, 0.15) is 0 Å². The maximum absolute atomic E-state index is 10.7. The zero-order valence-electron chi connectivity index (χ0n) is 12.1. The van der Waals surface area contributed by atoms with E-state index in [1.807, 2.05) is 31.2 Å². The largest absolute Gasteiger partial charge is 0.481 e. The van der Waals surface area contributed by atoms with Gasteiger partial charge >= 0.3 is 5.97 Å². The van der Waals surface area contributed by atoms with Crippen molar-refractivity contribution in [3.8, 4) is 0 Å². The molecule has 1 saturated heterocycles. The molecule has 0 aliphatic carbocycles. The molecule has 1 unspecified atom stereocenters. The van der Waals surface area contributed by atoms with Gasteiger partial charge in [-0.1, -0.05) is 19.1 Å². The molecule has 1 fully saturated rings. The summed E-state index contributed by atoms with van der Waals surface area (Å²) in [6.45, 7) is 3.32. The summed E-state index contributed by atoms with van der Waals surface area (Å²) in [4.78, 5) is 12.9. The first-order valence-electron chi connectivity index (χ1n) is 6.66. The third kappa shape index (κ3) is 2.94. The molecule has 5 nitrogen and oxygen atoms in total. The lowest BCUT2D eigenvalue weighted by atomic mass is 9.97. The summed E-state index contributed by atoms with van der Waals surface area (Å²) < 4.78 is 10.7. The molecule has 1 aliphatic rings. The Labute approximate surface area is 119 Å². The number of carboxylic acid groups (broad SMARTS) is 1. The Balaban J connectivity index is 1.98. The molecule has 0 saturated carbocycles. The summed E-state index contributed by atoms with van der Waals surface area (Å²) in [6, 6.07) is 8.01. The first-order chi connectivity index (χ1) is 9.49. The van der Waals surface area contributed by atoms with E-state index in [1.165, 1.54) is 0 Å². The monoisotopic (exact) mass is 279 g/mol. The van der Waals surface area contributed by atoms with Gasteiger partial charge in [0.05, 0.1) is 19.5 Å². The minimum absolute atomic E-state index is 0.0231. The van der Waals surface area contributed by atoms with Crippen LogP contribution in [0.25, 0.3) is 0 Å². The molecule has 0 spiro atoms. The van der Waals surface area contributed by atoms with Crippen LogP contribution in [0.3, 0.4) is 0 Å². The summed E-state index contributed by atoms with van der Waals surface area (Å²) in [5.41, 5.74) is 2.14. The van der Waals surface area contributed by atoms with Gasteiger partial charge in [0.15, 0.2) is 0 Å². The van der Waals surface area contributed by atoms with E-state index in [0.29, 0.717) is 13.1 Å². The predicted molar refractivity (Wildman–Crippen MR) is 76.1 cm³/mol. The smallest absolute Gasteiger partial charge is 0.303 e. The molecule has 1 atom stereocenters. The van der Waals surface area contributed by atoms with E-state index in [9.17, 15) is 4.79 Å². The van der Waals surface area contributed by atoms with Crippen molar-refractivity contribution in [1.29, 1.82) is 0 Å². The number of nitrogens with zero attached hydrogens (tertiary/aromatic N) is 1. The lowest BCUT2D eigenvalue weighted by Crippen LogP contribution is -2.64. The average Bonchev–Trinajstić information content (AvgIpc) is 2.38. The van der Waals surface area contributed by atoms with Crippen molar-refractivity contribution in [2.75, 3.05) is 32.2 Å². The van der Waals surface area contributed by atoms with E-state index in [2.05, 4.69) is 4.90 Å². The maximum Gasteiger partial charge on any atom is 0.303 e. The highest BCUT2D eigenvalue weighted by Crippen LogP contribution is 2.31. The van der Waals surface area contributed by atoms with Crippen molar-refractivity contribution in [3.63, 3.8) is 0 Å². The van der Waals surface area contributed by atoms with E-state index in [0.717, 1.165) is 11.3 Å². The Hall–Kier alpha value is -1.59. The molecule has 1 heterocycles. The molecule has 1 aromatic carbocycles. The lowest BCUT2D eigenvalue weighted by Gasteiger charge is -2.48. The zero-order chi connectivity index (χ0) is 14.8. The summed E-state index contributed by atoms with van der Waals surface area (Å²) in [5, 5.41) is 8.81. The normalized spacial score (nSPS) is 18.4. The summed E-state index contributed by atoms with van der Waals surface area (Å²) >= 11 is 0. The highest BCUT2D eigenvalue weighted by atomic mass is 16.7. The van der Waals surface area contributed by atoms with Crippen LogP contribution < -0.4 is 4.90 Å². The molecule has 0 radical (unpaired) electrons. The summed E-state index contributed by atoms with van der Waals surface area (Å²) in [7, 11) is 3.30. The fraction of sp³-hybridized carbons (Fsp3) is 0.533. The second kappa shape index (κ2) is 5.81. The van der Waals surface area contributed by atoms with Gasteiger partial charge in [0.2, 0.25) is 5.79 Å². The Morgan fingerprint density at radius 2 is 1.85 bits per heavy atom. The first kappa shape index (κ1) is 14.8. The zero-order valence-corrected chi connectivity index (χ0v) is 12.1. The van der Waals surface area contributed by atoms with Crippen LogP contribution in [-0.4, -0.2) is 44.2 Å². The minimum Gasteiger partial charge on any atom is -0.481 e. The number of benzene rings is 1. The van der Waals surface area contributed by atoms with Crippen molar-refractivity contribution in [2.24, 2.45) is 0 Å². The van der Waals surface area contributed by atoms with Gasteiger partial charge in [0, 0.05) is 19.9 Å². The van der Waals surface area contributed by atoms with Gasteiger partial charge in [-0.3, -0.25) is 4.79 Å². The first-order valence-corrected chi connectivity index (χ1v) is 6.66. The van der Waals surface area contributed by atoms with Gasteiger partial charge in [-0.2, -0.15) is 0 Å². The highest BCUT2D eigenvalue weighted by molar-refractivity contribution is 5.68. The fourth-order valence-corrected chi connectivity index (χ4v) is 2.45. The van der Waals surface area contributed by atoms with Crippen LogP contribution in [0.1, 0.15) is 24.8 Å². The Morgan fingerprint density at radius 3 is 2.30 bits per heavy atom. The second-order valence-electron chi connectivity index (χ2n) is 5.27. The van der Waals surface area contributed by atoms with Crippen LogP contribution in [0.2, 0.25) is 0 Å². The summed E-state index contributed by atoms with van der Waals surface area (Å²) in [5.74, 6) is -1.24. The van der Waals surface area contributed by atoms with Crippen LogP contribution in [0, 0.1) is 0 Å². The Morgan fingerprint density at radius 1 is 1.30 bits per heavy atom. The average molecular weight is 279 g/mol. The molecule has 0 bridgehead atoms. The van der Waals surface area contributed by atoms with Gasteiger partial charge in [-0.15, -0.1) is 0 Å². The number of aliphatic carboxylic acids is 1. The molecule has 5 heteroatoms. The van der Waals surface area contributed by atoms with E-state index < -0.39 is 11.8 Å². The topological polar surface area (TPSA) is 59.0 Å². The third-order valence-electron chi connectivity index (χ3n) is 3.92. The number of anilines is 1. The van der Waals surface area contributed by atoms with E-state index in [4.69, 9.17) is 14.6 Å². The number of rotatable bonds is 6. The number of hydrogen-bond donors (Lipinski definition) is 1. The minimum atomic E-state index is -0.769. The van der Waals surface area contributed by atoms with Crippen LogP contribution in [0.4, 0.5) is 5.69 Å². The van der Waals surface area contributed by atoms with Crippen molar-refractivity contribution < 1.29 is 19.4 Å². The number of carbonyl (C=O) groups is 1. The number of hydrogen-bond acceptors (Lipinski definition) is 4. The van der Waals surface area contributed by atoms with Gasteiger partial charge in [-0.25, -0.2) is 0 Å². The molecule has 2 rings (SSSR count). The molecule has 0 amide bonds. The lowest BCUT2D eigenvalue weighted by molar-refractivity contribution is -0.219. The van der Waals surface area contributed by atoms with Crippen LogP contribution >= 0.6 is 0 Å². The summed E-state index contributed by atoms with van der Waals surface area (Å²) in [6.07, 6.45) is 0.152. The molecule has 1 aromatic rings. The van der Waals surface area contributed by atoms with Gasteiger partial charge in [-0.05, 0) is 23.6 Å². The van der Waals surface area contributed by atoms with E-state index in [1.54, 1.807) is 14.2 Å². The van der Waals surface area contributed by atoms with Gasteiger partial charge < -0.3 is 19.5 Å². The number of ether oxygens (including phenoxy) is 2. The van der Waals surface area contributed by atoms with Crippen molar-refractivity contribution in [3.05, 3.63) is 29.8 Å². The standard InChI is InChI=1S/C15H21NO4/c1-11(8-14(17)18)12-4-6-13(7-5-12)16-9-15(10-16,19-2)20-3/h4-7,11H,8-10H2,1-3H3,(H,17,18). The van der Waals surface area contributed by atoms with Crippen LogP contribution in [0.5, 0.6) is 0 Å². The molecule has 1 aliphatic heterocycles. The quantitative estimate of drug-likeness (QED) is 0.808. The number of methoxy groups -OCH3 is 2. The molecular weight excluding hydrogens is 258 g/mol. The van der Waals surface area contributed by atoms with Crippen LogP contribution in [0.15, 0.2) is 24.3 Å². The Kier molecular flexibility index (Phi) is 4.30. The second-order valence-corrected chi connectivity index (χ2v) is 5.27. The Bertz CT molecular complexity index is 459. The molecule has 20 heavy (non-hydrogen) atoms. The van der Waals surface area contributed by atoms with E-state index >= 15 is 0 Å². The number of carboxylic acids is 1. The molecule has 1 N–H and O–H groups in total. The van der Waals surface area contributed by atoms with Crippen molar-refractivity contribution in [2.45, 2.75) is 25.0 Å². The SMILES string of the molecule is COC1(OC)CN(c2ccc(C(C)CC(=O)O)cc2)C1. The van der Waals surface area contributed by atoms with Crippen molar-refractivity contribution >= 4 is 11.7 Å². The predicted octanol–water partition coefficient (Wildman–Crippen LogP) is 2.07.